The molecule has 0 radical (unpaired) electrons. The van der Waals surface area contributed by atoms with Gasteiger partial charge in [-0.1, -0.05) is 42.0 Å². The van der Waals surface area contributed by atoms with Crippen LogP contribution in [0, 0.1) is 18.7 Å². The molecule has 2 aromatic carbocycles. The zero-order chi connectivity index (χ0) is 24.4. The maximum absolute atomic E-state index is 13.4. The van der Waals surface area contributed by atoms with Crippen molar-refractivity contribution in [1.29, 1.82) is 0 Å². The monoisotopic (exact) mass is 490 g/mol. The average Bonchev–Trinajstić information content (AvgIpc) is 3.35. The molecule has 1 amide bonds. The van der Waals surface area contributed by atoms with Crippen LogP contribution >= 0.6 is 11.3 Å². The Balaban J connectivity index is 1.38. The van der Waals surface area contributed by atoms with E-state index in [9.17, 15) is 14.0 Å². The summed E-state index contributed by atoms with van der Waals surface area (Å²) in [5.74, 6) is 0.0628. The molecule has 0 aliphatic carbocycles. The second-order valence-corrected chi connectivity index (χ2v) is 9.97. The van der Waals surface area contributed by atoms with Gasteiger partial charge in [-0.25, -0.2) is 9.37 Å². The lowest BCUT2D eigenvalue weighted by atomic mass is 9.97. The molecule has 0 spiro atoms. The van der Waals surface area contributed by atoms with Gasteiger partial charge in [0.25, 0.3) is 5.56 Å². The first-order valence-electron chi connectivity index (χ1n) is 11.8. The number of rotatable bonds is 6. The first-order valence-corrected chi connectivity index (χ1v) is 12.7. The lowest BCUT2D eigenvalue weighted by molar-refractivity contribution is -0.125. The van der Waals surface area contributed by atoms with Crippen molar-refractivity contribution < 1.29 is 9.18 Å². The first kappa shape index (κ1) is 23.2. The largest absolute Gasteiger partial charge is 0.352 e. The van der Waals surface area contributed by atoms with E-state index in [1.165, 1.54) is 29.0 Å². The fourth-order valence-corrected chi connectivity index (χ4v) is 5.28. The van der Waals surface area contributed by atoms with Crippen LogP contribution in [0.1, 0.15) is 29.5 Å². The lowest BCUT2D eigenvalue weighted by Crippen LogP contribution is -2.45. The molecule has 0 bridgehead atoms. The fourth-order valence-electron chi connectivity index (χ4n) is 4.50. The van der Waals surface area contributed by atoms with Crippen LogP contribution in [0.2, 0.25) is 0 Å². The van der Waals surface area contributed by atoms with Gasteiger partial charge in [-0.05, 0) is 54.5 Å². The van der Waals surface area contributed by atoms with Gasteiger partial charge in [0.05, 0.1) is 18.0 Å². The second kappa shape index (κ2) is 10.00. The second-order valence-electron chi connectivity index (χ2n) is 9.05. The summed E-state index contributed by atoms with van der Waals surface area (Å²) in [6.45, 7) is 4.02. The van der Waals surface area contributed by atoms with Gasteiger partial charge in [0, 0.05) is 19.6 Å². The topological polar surface area (TPSA) is 67.2 Å². The van der Waals surface area contributed by atoms with Crippen LogP contribution in [-0.4, -0.2) is 28.5 Å². The Kier molecular flexibility index (Phi) is 6.63. The highest BCUT2D eigenvalue weighted by Gasteiger charge is 2.28. The van der Waals surface area contributed by atoms with Gasteiger partial charge < -0.3 is 10.2 Å². The van der Waals surface area contributed by atoms with E-state index in [4.69, 9.17) is 4.98 Å². The number of carbonyl (C=O) groups excluding carboxylic acids is 1. The summed E-state index contributed by atoms with van der Waals surface area (Å²) in [6, 6.07) is 16.1. The molecule has 2 aromatic heterocycles. The molecule has 6 nitrogen and oxygen atoms in total. The zero-order valence-corrected chi connectivity index (χ0v) is 20.4. The highest BCUT2D eigenvalue weighted by Crippen LogP contribution is 2.25. The Morgan fingerprint density at radius 3 is 2.63 bits per heavy atom. The highest BCUT2D eigenvalue weighted by molar-refractivity contribution is 7.17. The summed E-state index contributed by atoms with van der Waals surface area (Å²) in [6.07, 6.45) is 1.62. The van der Waals surface area contributed by atoms with Gasteiger partial charge >= 0.3 is 0 Å². The number of benzene rings is 2. The SMILES string of the molecule is Cc1ccc(CNC(=O)[C@H]2CCCN(c3nc4ccsc4c(=O)n3Cc3ccc(F)cc3)C2)cc1. The summed E-state index contributed by atoms with van der Waals surface area (Å²) < 4.78 is 15.7. The van der Waals surface area contributed by atoms with Crippen LogP contribution in [0.25, 0.3) is 10.2 Å². The molecule has 35 heavy (non-hydrogen) atoms. The molecule has 1 saturated heterocycles. The molecular formula is C27H27FN4O2S. The molecule has 4 aromatic rings. The number of anilines is 1. The molecule has 0 saturated carbocycles. The van der Waals surface area contributed by atoms with Gasteiger partial charge in [-0.2, -0.15) is 0 Å². The third-order valence-electron chi connectivity index (χ3n) is 6.46. The minimum atomic E-state index is -0.316. The van der Waals surface area contributed by atoms with E-state index < -0.39 is 0 Å². The van der Waals surface area contributed by atoms with Crippen LogP contribution in [0.15, 0.2) is 64.8 Å². The van der Waals surface area contributed by atoms with Crippen molar-refractivity contribution in [1.82, 2.24) is 14.9 Å². The number of halogens is 1. The molecule has 0 unspecified atom stereocenters. The number of thiophene rings is 1. The summed E-state index contributed by atoms with van der Waals surface area (Å²) in [5, 5.41) is 4.93. The lowest BCUT2D eigenvalue weighted by Gasteiger charge is -2.34. The number of aromatic nitrogens is 2. The minimum Gasteiger partial charge on any atom is -0.352 e. The Morgan fingerprint density at radius 1 is 1.11 bits per heavy atom. The third-order valence-corrected chi connectivity index (χ3v) is 7.35. The number of piperidine rings is 1. The van der Waals surface area contributed by atoms with E-state index in [2.05, 4.69) is 5.32 Å². The minimum absolute atomic E-state index is 0.0133. The average molecular weight is 491 g/mol. The third kappa shape index (κ3) is 5.12. The zero-order valence-electron chi connectivity index (χ0n) is 19.5. The number of hydrogen-bond acceptors (Lipinski definition) is 5. The van der Waals surface area contributed by atoms with Gasteiger partial charge in [-0.3, -0.25) is 14.2 Å². The quantitative estimate of drug-likeness (QED) is 0.433. The van der Waals surface area contributed by atoms with Crippen LogP contribution in [0.5, 0.6) is 0 Å². The summed E-state index contributed by atoms with van der Waals surface area (Å²) >= 11 is 1.37. The molecule has 5 rings (SSSR count). The van der Waals surface area contributed by atoms with E-state index in [0.717, 1.165) is 24.0 Å². The summed E-state index contributed by atoms with van der Waals surface area (Å²) in [5.41, 5.74) is 3.61. The van der Waals surface area contributed by atoms with Crippen LogP contribution < -0.4 is 15.8 Å². The van der Waals surface area contributed by atoms with Crippen molar-refractivity contribution in [3.63, 3.8) is 0 Å². The van der Waals surface area contributed by atoms with Crippen molar-refractivity contribution in [2.45, 2.75) is 32.9 Å². The molecule has 1 aliphatic rings. The molecule has 8 heteroatoms. The predicted molar refractivity (Wildman–Crippen MR) is 137 cm³/mol. The Morgan fingerprint density at radius 2 is 1.86 bits per heavy atom. The number of nitrogens with zero attached hydrogens (tertiary/aromatic N) is 3. The number of carbonyl (C=O) groups is 1. The molecule has 1 fully saturated rings. The smallest absolute Gasteiger partial charge is 0.273 e. The number of fused-ring (bicyclic) bond motifs is 1. The van der Waals surface area contributed by atoms with Crippen LogP contribution in [-0.2, 0) is 17.9 Å². The maximum atomic E-state index is 13.4. The van der Waals surface area contributed by atoms with Crippen LogP contribution in [0.4, 0.5) is 10.3 Å². The standard InChI is InChI=1S/C27H27FN4O2S/c1-18-4-6-19(7-5-18)15-29-25(33)21-3-2-13-31(17-21)27-30-23-12-14-35-24(23)26(34)32(27)16-20-8-10-22(28)11-9-20/h4-12,14,21H,2-3,13,15-17H2,1H3,(H,29,33)/t21-/m0/s1. The highest BCUT2D eigenvalue weighted by atomic mass is 32.1. The van der Waals surface area contributed by atoms with Gasteiger partial charge in [0.15, 0.2) is 0 Å². The Bertz CT molecular complexity index is 1400. The summed E-state index contributed by atoms with van der Waals surface area (Å²) in [4.78, 5) is 33.2. The van der Waals surface area contributed by atoms with Gasteiger partial charge in [-0.15, -0.1) is 11.3 Å². The van der Waals surface area contributed by atoms with Crippen molar-refractivity contribution in [2.75, 3.05) is 18.0 Å². The molecule has 1 atom stereocenters. The van der Waals surface area contributed by atoms with E-state index in [1.54, 1.807) is 16.7 Å². The molecule has 1 aliphatic heterocycles. The van der Waals surface area contributed by atoms with E-state index in [1.807, 2.05) is 47.5 Å². The molecule has 3 heterocycles. The van der Waals surface area contributed by atoms with E-state index in [-0.39, 0.29) is 29.7 Å². The van der Waals surface area contributed by atoms with Crippen molar-refractivity contribution in [2.24, 2.45) is 5.92 Å². The summed E-state index contributed by atoms with van der Waals surface area (Å²) in [7, 11) is 0. The van der Waals surface area contributed by atoms with Crippen LogP contribution in [0.3, 0.4) is 0 Å². The normalized spacial score (nSPS) is 15.9. The van der Waals surface area contributed by atoms with E-state index >= 15 is 0 Å². The fraction of sp³-hybridized carbons (Fsp3) is 0.296. The van der Waals surface area contributed by atoms with Gasteiger partial charge in [0.1, 0.15) is 10.5 Å². The first-order chi connectivity index (χ1) is 17.0. The molecule has 1 N–H and O–H groups in total. The molecule has 180 valence electrons. The van der Waals surface area contributed by atoms with Crippen molar-refractivity contribution in [3.05, 3.63) is 92.8 Å². The Hall–Kier alpha value is -3.52. The number of amides is 1. The van der Waals surface area contributed by atoms with Gasteiger partial charge in [0.2, 0.25) is 11.9 Å². The van der Waals surface area contributed by atoms with E-state index in [0.29, 0.717) is 35.8 Å². The number of hydrogen-bond donors (Lipinski definition) is 1. The van der Waals surface area contributed by atoms with Crippen molar-refractivity contribution >= 4 is 33.4 Å². The molecular weight excluding hydrogens is 463 g/mol. The maximum Gasteiger partial charge on any atom is 0.273 e. The number of aryl methyl sites for hydroxylation is 1. The predicted octanol–water partition coefficient (Wildman–Crippen LogP) is 4.49. The van der Waals surface area contributed by atoms with Crippen molar-refractivity contribution in [3.8, 4) is 0 Å². The number of nitrogens with one attached hydrogen (secondary N) is 1. The Labute approximate surface area is 207 Å².